The van der Waals surface area contributed by atoms with Crippen LogP contribution in [0.2, 0.25) is 0 Å². The molecular formula is C21H23N3O4S. The molecule has 0 aliphatic heterocycles. The molecule has 3 aromatic rings. The second-order valence-corrected chi connectivity index (χ2v) is 8.05. The molecule has 0 amide bonds. The van der Waals surface area contributed by atoms with Gasteiger partial charge in [0.25, 0.3) is 0 Å². The molecule has 2 heterocycles. The monoisotopic (exact) mass is 413 g/mol. The van der Waals surface area contributed by atoms with Gasteiger partial charge in [-0.15, -0.1) is 11.3 Å². The fraction of sp³-hybridized carbons (Fsp3) is 0.381. The molecule has 152 valence electrons. The van der Waals surface area contributed by atoms with Gasteiger partial charge >= 0.3 is 5.97 Å². The minimum Gasteiger partial charge on any atom is -0.497 e. The van der Waals surface area contributed by atoms with Crippen LogP contribution in [0.1, 0.15) is 34.7 Å². The van der Waals surface area contributed by atoms with Crippen molar-refractivity contribution < 1.29 is 19.4 Å². The predicted octanol–water partition coefficient (Wildman–Crippen LogP) is 3.79. The molecule has 0 atom stereocenters. The predicted molar refractivity (Wildman–Crippen MR) is 112 cm³/mol. The highest BCUT2D eigenvalue weighted by Gasteiger charge is 2.21. The van der Waals surface area contributed by atoms with Crippen LogP contribution in [0.3, 0.4) is 0 Å². The minimum atomic E-state index is -1.00. The molecule has 0 spiro atoms. The summed E-state index contributed by atoms with van der Waals surface area (Å²) < 4.78 is 10.4. The van der Waals surface area contributed by atoms with Crippen molar-refractivity contribution in [3.8, 4) is 5.75 Å². The van der Waals surface area contributed by atoms with Crippen molar-refractivity contribution in [2.24, 2.45) is 0 Å². The highest BCUT2D eigenvalue weighted by molar-refractivity contribution is 7.19. The van der Waals surface area contributed by atoms with E-state index in [1.807, 2.05) is 24.3 Å². The van der Waals surface area contributed by atoms with Crippen molar-refractivity contribution in [2.45, 2.75) is 38.8 Å². The van der Waals surface area contributed by atoms with Crippen LogP contribution < -0.4 is 10.1 Å². The van der Waals surface area contributed by atoms with Crippen LogP contribution in [0.5, 0.6) is 5.75 Å². The number of hydrogen-bond acceptors (Lipinski definition) is 7. The van der Waals surface area contributed by atoms with Crippen LogP contribution in [-0.2, 0) is 35.5 Å². The van der Waals surface area contributed by atoms with Gasteiger partial charge in [-0.3, -0.25) is 0 Å². The number of carbonyl (C=O) groups is 1. The first-order valence-corrected chi connectivity index (χ1v) is 10.4. The van der Waals surface area contributed by atoms with E-state index in [0.717, 1.165) is 40.2 Å². The lowest BCUT2D eigenvalue weighted by molar-refractivity contribution is -0.142. The quantitative estimate of drug-likeness (QED) is 0.580. The molecule has 29 heavy (non-hydrogen) atoms. The van der Waals surface area contributed by atoms with Crippen molar-refractivity contribution in [3.63, 3.8) is 0 Å². The van der Waals surface area contributed by atoms with Crippen molar-refractivity contribution in [1.29, 1.82) is 0 Å². The largest absolute Gasteiger partial charge is 0.497 e. The summed E-state index contributed by atoms with van der Waals surface area (Å²) in [7, 11) is 1.65. The minimum absolute atomic E-state index is 0.0715. The third-order valence-electron chi connectivity index (χ3n) is 4.94. The van der Waals surface area contributed by atoms with E-state index in [1.165, 1.54) is 23.3 Å². The Bertz CT molecular complexity index is 1020. The molecule has 1 aromatic carbocycles. The van der Waals surface area contributed by atoms with E-state index >= 15 is 0 Å². The SMILES string of the molecule is COc1ccc(CNc2nc(COCC(=O)O)nc3sc4c(c23)CCCC4)cc1. The topological polar surface area (TPSA) is 93.6 Å². The Kier molecular flexibility index (Phi) is 5.92. The van der Waals surface area contributed by atoms with E-state index < -0.39 is 5.97 Å². The zero-order valence-electron chi connectivity index (χ0n) is 16.2. The Labute approximate surface area is 172 Å². The van der Waals surface area contributed by atoms with Crippen molar-refractivity contribution in [1.82, 2.24) is 9.97 Å². The number of carboxylic acids is 1. The maximum Gasteiger partial charge on any atom is 0.329 e. The summed E-state index contributed by atoms with van der Waals surface area (Å²) in [6, 6.07) is 7.91. The third-order valence-corrected chi connectivity index (χ3v) is 6.12. The van der Waals surface area contributed by atoms with Crippen LogP contribution in [0.4, 0.5) is 5.82 Å². The molecule has 0 unspecified atom stereocenters. The number of benzene rings is 1. The summed E-state index contributed by atoms with van der Waals surface area (Å²) in [5, 5.41) is 13.3. The molecule has 0 radical (unpaired) electrons. The Morgan fingerprint density at radius 2 is 2.00 bits per heavy atom. The van der Waals surface area contributed by atoms with Gasteiger partial charge in [-0.2, -0.15) is 0 Å². The van der Waals surface area contributed by atoms with Gasteiger partial charge in [0.2, 0.25) is 0 Å². The van der Waals surface area contributed by atoms with Gasteiger partial charge in [0.05, 0.1) is 12.5 Å². The third kappa shape index (κ3) is 4.49. The smallest absolute Gasteiger partial charge is 0.329 e. The summed E-state index contributed by atoms with van der Waals surface area (Å²) in [4.78, 5) is 22.4. The van der Waals surface area contributed by atoms with E-state index in [9.17, 15) is 4.79 Å². The Hall–Kier alpha value is -2.71. The number of nitrogens with one attached hydrogen (secondary N) is 1. The summed E-state index contributed by atoms with van der Waals surface area (Å²) in [6.45, 7) is 0.328. The normalized spacial score (nSPS) is 13.3. The number of nitrogens with zero attached hydrogens (tertiary/aromatic N) is 2. The molecule has 0 fully saturated rings. The Morgan fingerprint density at radius 1 is 1.21 bits per heavy atom. The van der Waals surface area contributed by atoms with Gasteiger partial charge in [0, 0.05) is 11.4 Å². The second-order valence-electron chi connectivity index (χ2n) is 6.97. The van der Waals surface area contributed by atoms with Crippen molar-refractivity contribution >= 4 is 33.3 Å². The fourth-order valence-corrected chi connectivity index (χ4v) is 4.83. The lowest BCUT2D eigenvalue weighted by atomic mass is 9.97. The molecule has 1 aliphatic rings. The number of carboxylic acid groups (broad SMARTS) is 1. The summed E-state index contributed by atoms with van der Waals surface area (Å²) in [6.07, 6.45) is 4.51. The van der Waals surface area contributed by atoms with Crippen molar-refractivity contribution in [2.75, 3.05) is 19.0 Å². The highest BCUT2D eigenvalue weighted by atomic mass is 32.1. The maximum absolute atomic E-state index is 10.7. The highest BCUT2D eigenvalue weighted by Crippen LogP contribution is 2.38. The molecule has 0 saturated heterocycles. The molecule has 0 saturated carbocycles. The first kappa shape index (κ1) is 19.6. The van der Waals surface area contributed by atoms with Crippen molar-refractivity contribution in [3.05, 3.63) is 46.1 Å². The number of hydrogen-bond donors (Lipinski definition) is 2. The van der Waals surface area contributed by atoms with E-state index in [1.54, 1.807) is 18.4 Å². The number of aliphatic carboxylic acids is 1. The molecule has 0 bridgehead atoms. The number of ether oxygens (including phenoxy) is 2. The van der Waals surface area contributed by atoms with Gasteiger partial charge < -0.3 is 19.9 Å². The zero-order valence-corrected chi connectivity index (χ0v) is 17.1. The maximum atomic E-state index is 10.7. The lowest BCUT2D eigenvalue weighted by Gasteiger charge is -2.13. The lowest BCUT2D eigenvalue weighted by Crippen LogP contribution is -2.10. The average Bonchev–Trinajstić information content (AvgIpc) is 3.10. The molecule has 2 N–H and O–H groups in total. The zero-order chi connectivity index (χ0) is 20.2. The fourth-order valence-electron chi connectivity index (χ4n) is 3.55. The first-order valence-electron chi connectivity index (χ1n) is 9.61. The molecule has 8 heteroatoms. The molecule has 1 aliphatic carbocycles. The summed E-state index contributed by atoms with van der Waals surface area (Å²) in [5.74, 6) is 1.10. The van der Waals surface area contributed by atoms with Crippen LogP contribution >= 0.6 is 11.3 Å². The summed E-state index contributed by atoms with van der Waals surface area (Å²) >= 11 is 1.71. The van der Waals surface area contributed by atoms with E-state index in [2.05, 4.69) is 15.3 Å². The summed E-state index contributed by atoms with van der Waals surface area (Å²) in [5.41, 5.74) is 2.47. The Balaban J connectivity index is 1.62. The van der Waals surface area contributed by atoms with Gasteiger partial charge in [0.15, 0.2) is 5.82 Å². The molecule has 7 nitrogen and oxygen atoms in total. The number of rotatable bonds is 8. The van der Waals surface area contributed by atoms with Gasteiger partial charge in [-0.05, 0) is 48.9 Å². The van der Waals surface area contributed by atoms with Gasteiger partial charge in [0.1, 0.15) is 29.6 Å². The van der Waals surface area contributed by atoms with Gasteiger partial charge in [-0.1, -0.05) is 12.1 Å². The molecular weight excluding hydrogens is 390 g/mol. The van der Waals surface area contributed by atoms with Gasteiger partial charge in [-0.25, -0.2) is 14.8 Å². The Morgan fingerprint density at radius 3 is 2.76 bits per heavy atom. The van der Waals surface area contributed by atoms with E-state index in [0.29, 0.717) is 12.4 Å². The van der Waals surface area contributed by atoms with Crippen LogP contribution in [0, 0.1) is 0 Å². The number of thiophene rings is 1. The second kappa shape index (κ2) is 8.75. The van der Waals surface area contributed by atoms with E-state index in [4.69, 9.17) is 14.6 Å². The number of methoxy groups -OCH3 is 1. The van der Waals surface area contributed by atoms with E-state index in [-0.39, 0.29) is 13.2 Å². The number of anilines is 1. The molecule has 4 rings (SSSR count). The number of fused-ring (bicyclic) bond motifs is 3. The van der Waals surface area contributed by atoms with Crippen LogP contribution in [0.25, 0.3) is 10.2 Å². The molecule has 2 aromatic heterocycles. The van der Waals surface area contributed by atoms with Crippen LogP contribution in [-0.4, -0.2) is 34.8 Å². The number of aryl methyl sites for hydroxylation is 2. The average molecular weight is 413 g/mol. The van der Waals surface area contributed by atoms with Crippen LogP contribution in [0.15, 0.2) is 24.3 Å². The first-order chi connectivity index (χ1) is 14.1. The number of aromatic nitrogens is 2. The standard InChI is InChI=1S/C21H23N3O4S/c1-27-14-8-6-13(7-9-14)10-22-20-19-15-4-2-3-5-16(15)29-21(19)24-17(23-20)11-28-12-18(25)26/h6-9H,2-5,10-12H2,1H3,(H,25,26)(H,22,23,24).